The standard InChI is InChI=1S/C28H25ClN2O3/c1-17-26(30-28(32)33-18(2)24-4-3-5-25(29)16-24)27(34-31-17)23-14-12-22(13-15-23)21-10-8-20(9-11-21)19-6-7-19/h3-5,8-16,18-19H,6-7H2,1-2H3,(H,30,32). The quantitative estimate of drug-likeness (QED) is 0.307. The van der Waals surface area contributed by atoms with Gasteiger partial charge in [0, 0.05) is 10.6 Å². The van der Waals surface area contributed by atoms with E-state index in [0.717, 1.165) is 22.6 Å². The molecule has 4 aromatic rings. The third kappa shape index (κ3) is 4.85. The first-order valence-corrected chi connectivity index (χ1v) is 11.8. The van der Waals surface area contributed by atoms with Crippen molar-refractivity contribution < 1.29 is 14.1 Å². The van der Waals surface area contributed by atoms with Crippen molar-refractivity contribution in [1.82, 2.24) is 5.16 Å². The molecule has 0 radical (unpaired) electrons. The van der Waals surface area contributed by atoms with E-state index in [2.05, 4.69) is 34.7 Å². The SMILES string of the molecule is Cc1noc(-c2ccc(-c3ccc(C4CC4)cc3)cc2)c1NC(=O)OC(C)c1cccc(Cl)c1. The predicted molar refractivity (Wildman–Crippen MR) is 134 cm³/mol. The van der Waals surface area contributed by atoms with Gasteiger partial charge in [-0.15, -0.1) is 0 Å². The van der Waals surface area contributed by atoms with Gasteiger partial charge >= 0.3 is 6.09 Å². The van der Waals surface area contributed by atoms with Crippen LogP contribution in [0.1, 0.15) is 48.6 Å². The van der Waals surface area contributed by atoms with Crippen molar-refractivity contribution in [2.24, 2.45) is 0 Å². The van der Waals surface area contributed by atoms with Gasteiger partial charge in [0.25, 0.3) is 0 Å². The molecule has 6 heteroatoms. The molecule has 1 fully saturated rings. The number of nitrogens with one attached hydrogen (secondary N) is 1. The molecule has 1 aliphatic carbocycles. The summed E-state index contributed by atoms with van der Waals surface area (Å²) in [5.74, 6) is 1.23. The second-order valence-electron chi connectivity index (χ2n) is 8.67. The molecule has 3 aromatic carbocycles. The first-order valence-electron chi connectivity index (χ1n) is 11.4. The molecule has 0 spiro atoms. The molecule has 0 aliphatic heterocycles. The van der Waals surface area contributed by atoms with E-state index in [1.54, 1.807) is 26.0 Å². The first kappa shape index (κ1) is 22.2. The number of halogens is 1. The van der Waals surface area contributed by atoms with Gasteiger partial charge < -0.3 is 9.26 Å². The fourth-order valence-corrected chi connectivity index (χ4v) is 4.21. The molecule has 1 aliphatic rings. The number of hydrogen-bond acceptors (Lipinski definition) is 4. The summed E-state index contributed by atoms with van der Waals surface area (Å²) in [6.07, 6.45) is 1.54. The van der Waals surface area contributed by atoms with Crippen molar-refractivity contribution in [3.05, 3.63) is 94.6 Å². The minimum Gasteiger partial charge on any atom is -0.441 e. The highest BCUT2D eigenvalue weighted by Gasteiger charge is 2.23. The first-order chi connectivity index (χ1) is 16.5. The summed E-state index contributed by atoms with van der Waals surface area (Å²) >= 11 is 6.05. The number of nitrogens with zero attached hydrogens (tertiary/aromatic N) is 1. The Morgan fingerprint density at radius 3 is 2.32 bits per heavy atom. The number of anilines is 1. The molecular weight excluding hydrogens is 448 g/mol. The third-order valence-electron chi connectivity index (χ3n) is 6.13. The van der Waals surface area contributed by atoms with Gasteiger partial charge in [-0.05, 0) is 67.0 Å². The Labute approximate surface area is 203 Å². The van der Waals surface area contributed by atoms with Gasteiger partial charge in [-0.1, -0.05) is 77.4 Å². The van der Waals surface area contributed by atoms with E-state index < -0.39 is 12.2 Å². The summed E-state index contributed by atoms with van der Waals surface area (Å²) in [4.78, 5) is 12.6. The zero-order valence-corrected chi connectivity index (χ0v) is 19.8. The van der Waals surface area contributed by atoms with Crippen molar-refractivity contribution in [2.45, 2.75) is 38.7 Å². The lowest BCUT2D eigenvalue weighted by Crippen LogP contribution is -2.16. The van der Waals surface area contributed by atoms with E-state index in [1.807, 2.05) is 36.4 Å². The topological polar surface area (TPSA) is 64.4 Å². The Bertz CT molecular complexity index is 1310. The number of carbonyl (C=O) groups excluding carboxylic acids is 1. The summed E-state index contributed by atoms with van der Waals surface area (Å²) in [5.41, 5.74) is 6.40. The summed E-state index contributed by atoms with van der Waals surface area (Å²) in [6, 6.07) is 24.0. The molecule has 5 rings (SSSR count). The predicted octanol–water partition coefficient (Wildman–Crippen LogP) is 8.16. The lowest BCUT2D eigenvalue weighted by molar-refractivity contribution is 0.121. The largest absolute Gasteiger partial charge is 0.441 e. The fourth-order valence-electron chi connectivity index (χ4n) is 4.01. The highest BCUT2D eigenvalue weighted by molar-refractivity contribution is 6.30. The van der Waals surface area contributed by atoms with Crippen LogP contribution in [0.3, 0.4) is 0 Å². The molecule has 5 nitrogen and oxygen atoms in total. The maximum absolute atomic E-state index is 12.6. The minimum atomic E-state index is -0.590. The molecule has 1 amide bonds. The van der Waals surface area contributed by atoms with E-state index >= 15 is 0 Å². The zero-order chi connectivity index (χ0) is 23.7. The molecule has 1 unspecified atom stereocenters. The van der Waals surface area contributed by atoms with Crippen molar-refractivity contribution in [3.63, 3.8) is 0 Å². The molecular formula is C28H25ClN2O3. The maximum Gasteiger partial charge on any atom is 0.412 e. The van der Waals surface area contributed by atoms with Gasteiger partial charge in [-0.2, -0.15) is 0 Å². The highest BCUT2D eigenvalue weighted by atomic mass is 35.5. The lowest BCUT2D eigenvalue weighted by Gasteiger charge is -2.14. The highest BCUT2D eigenvalue weighted by Crippen LogP contribution is 2.40. The normalized spacial score (nSPS) is 14.0. The van der Waals surface area contributed by atoms with Crippen LogP contribution in [0.25, 0.3) is 22.5 Å². The van der Waals surface area contributed by atoms with Crippen molar-refractivity contribution in [2.75, 3.05) is 5.32 Å². The number of hydrogen-bond donors (Lipinski definition) is 1. The van der Waals surface area contributed by atoms with Gasteiger partial charge in [0.15, 0.2) is 5.76 Å². The van der Waals surface area contributed by atoms with Crippen LogP contribution in [0.5, 0.6) is 0 Å². The molecule has 172 valence electrons. The van der Waals surface area contributed by atoms with Gasteiger partial charge in [0.2, 0.25) is 0 Å². The third-order valence-corrected chi connectivity index (χ3v) is 6.37. The van der Waals surface area contributed by atoms with E-state index in [1.165, 1.54) is 24.0 Å². The number of carbonyl (C=O) groups is 1. The molecule has 1 atom stereocenters. The summed E-state index contributed by atoms with van der Waals surface area (Å²) < 4.78 is 11.1. The Kier molecular flexibility index (Phi) is 6.12. The number of aromatic nitrogens is 1. The number of amides is 1. The Morgan fingerprint density at radius 2 is 1.68 bits per heavy atom. The van der Waals surface area contributed by atoms with Gasteiger partial charge in [0.1, 0.15) is 17.5 Å². The average molecular weight is 473 g/mol. The van der Waals surface area contributed by atoms with Crippen LogP contribution < -0.4 is 5.32 Å². The molecule has 0 saturated heterocycles. The molecule has 34 heavy (non-hydrogen) atoms. The maximum atomic E-state index is 12.6. The Hall–Kier alpha value is -3.57. The molecule has 0 bridgehead atoms. The molecule has 1 saturated carbocycles. The van der Waals surface area contributed by atoms with Crippen LogP contribution in [0, 0.1) is 6.92 Å². The number of rotatable bonds is 6. The second-order valence-corrected chi connectivity index (χ2v) is 9.11. The second kappa shape index (κ2) is 9.35. The smallest absolute Gasteiger partial charge is 0.412 e. The van der Waals surface area contributed by atoms with Crippen molar-refractivity contribution in [3.8, 4) is 22.5 Å². The van der Waals surface area contributed by atoms with Crippen LogP contribution in [0.2, 0.25) is 5.02 Å². The molecule has 1 N–H and O–H groups in total. The van der Waals surface area contributed by atoms with Crippen molar-refractivity contribution in [1.29, 1.82) is 0 Å². The summed E-state index contributed by atoms with van der Waals surface area (Å²) in [7, 11) is 0. The molecule has 1 heterocycles. The summed E-state index contributed by atoms with van der Waals surface area (Å²) in [5, 5.41) is 7.43. The van der Waals surface area contributed by atoms with Gasteiger partial charge in [-0.3, -0.25) is 5.32 Å². The molecule has 1 aromatic heterocycles. The number of aryl methyl sites for hydroxylation is 1. The van der Waals surface area contributed by atoms with E-state index in [4.69, 9.17) is 20.9 Å². The van der Waals surface area contributed by atoms with Crippen molar-refractivity contribution >= 4 is 23.4 Å². The minimum absolute atomic E-state index is 0.465. The lowest BCUT2D eigenvalue weighted by atomic mass is 10.0. The van der Waals surface area contributed by atoms with Crippen LogP contribution in [-0.4, -0.2) is 11.2 Å². The van der Waals surface area contributed by atoms with Crippen LogP contribution >= 0.6 is 11.6 Å². The fraction of sp³-hybridized carbons (Fsp3) is 0.214. The van der Waals surface area contributed by atoms with Crippen LogP contribution in [0.15, 0.2) is 77.3 Å². The Balaban J connectivity index is 1.30. The van der Waals surface area contributed by atoms with Crippen LogP contribution in [0.4, 0.5) is 10.5 Å². The van der Waals surface area contributed by atoms with E-state index in [9.17, 15) is 4.79 Å². The monoisotopic (exact) mass is 472 g/mol. The van der Waals surface area contributed by atoms with Gasteiger partial charge in [-0.25, -0.2) is 4.79 Å². The average Bonchev–Trinajstić information content (AvgIpc) is 3.64. The Morgan fingerprint density at radius 1 is 1.03 bits per heavy atom. The van der Waals surface area contributed by atoms with E-state index in [0.29, 0.717) is 22.2 Å². The zero-order valence-electron chi connectivity index (χ0n) is 19.0. The number of benzene rings is 3. The van der Waals surface area contributed by atoms with Gasteiger partial charge in [0.05, 0.1) is 0 Å². The van der Waals surface area contributed by atoms with Crippen LogP contribution in [-0.2, 0) is 4.74 Å². The van der Waals surface area contributed by atoms with E-state index in [-0.39, 0.29) is 0 Å². The number of ether oxygens (including phenoxy) is 1. The summed E-state index contributed by atoms with van der Waals surface area (Å²) in [6.45, 7) is 3.57.